The topological polar surface area (TPSA) is 17.8 Å². The molecule has 24 heavy (non-hydrogen) atoms. The molecular weight excluding hydrogens is 336 g/mol. The minimum absolute atomic E-state index is 0. The molecule has 1 unspecified atom stereocenters. The fourth-order valence-electron chi connectivity index (χ4n) is 3.41. The van der Waals surface area contributed by atoms with Gasteiger partial charge in [-0.3, -0.25) is 0 Å². The highest BCUT2D eigenvalue weighted by atomic mass is 35.5. The lowest BCUT2D eigenvalue weighted by molar-refractivity contribution is 0.683. The number of rotatable bonds is 5. The van der Waals surface area contributed by atoms with Gasteiger partial charge in [0, 0.05) is 24.2 Å². The molecule has 0 fully saturated rings. The summed E-state index contributed by atoms with van der Waals surface area (Å²) in [5.74, 6) is 1.12. The minimum atomic E-state index is 0. The van der Waals surface area contributed by atoms with Crippen LogP contribution in [0.25, 0.3) is 11.1 Å². The highest BCUT2D eigenvalue weighted by Crippen LogP contribution is 2.39. The maximum Gasteiger partial charge on any atom is 0.0946 e. The molecule has 2 nitrogen and oxygen atoms in total. The molecule has 4 rings (SSSR count). The van der Waals surface area contributed by atoms with E-state index in [1.165, 1.54) is 27.8 Å². The average Bonchev–Trinajstić information content (AvgIpc) is 3.20. The van der Waals surface area contributed by atoms with Crippen molar-refractivity contribution >= 4 is 24.2 Å². The molecule has 124 valence electrons. The lowest BCUT2D eigenvalue weighted by Crippen LogP contribution is -2.05. The first-order valence-corrected chi connectivity index (χ1v) is 9.18. The first kappa shape index (κ1) is 17.1. The van der Waals surface area contributed by atoms with E-state index in [-0.39, 0.29) is 12.4 Å². The summed E-state index contributed by atoms with van der Waals surface area (Å²) >= 11 is 2.01. The average molecular weight is 357 g/mol. The number of halogens is 1. The molecule has 0 amide bonds. The summed E-state index contributed by atoms with van der Waals surface area (Å²) < 4.78 is 2.18. The summed E-state index contributed by atoms with van der Waals surface area (Å²) in [6.07, 6.45) is 6.87. The Balaban J connectivity index is 0.00000169. The molecule has 0 saturated heterocycles. The van der Waals surface area contributed by atoms with E-state index in [1.54, 1.807) is 0 Å². The van der Waals surface area contributed by atoms with Crippen LogP contribution in [0.4, 0.5) is 0 Å². The normalized spacial score (nSPS) is 13.0. The van der Waals surface area contributed by atoms with Crippen LogP contribution in [0, 0.1) is 0 Å². The van der Waals surface area contributed by atoms with Crippen molar-refractivity contribution in [3.63, 3.8) is 0 Å². The van der Waals surface area contributed by atoms with Gasteiger partial charge in [-0.1, -0.05) is 49.4 Å². The van der Waals surface area contributed by atoms with Crippen molar-refractivity contribution in [3.8, 4) is 11.1 Å². The second-order valence-corrected chi connectivity index (χ2v) is 7.43. The van der Waals surface area contributed by atoms with Crippen molar-refractivity contribution in [2.75, 3.05) is 5.75 Å². The number of fused-ring (bicyclic) bond motifs is 3. The van der Waals surface area contributed by atoms with E-state index in [9.17, 15) is 0 Å². The smallest absolute Gasteiger partial charge is 0.0946 e. The molecule has 1 aromatic heterocycles. The standard InChI is InChI=1S/C20H20N2S.ClH/c1-2-23-20(13-22-10-9-21-14-22)16-7-8-19-17(12-16)11-15-5-3-4-6-18(15)19;/h3-10,12,14,20H,2,11,13H2,1H3;1H. The summed E-state index contributed by atoms with van der Waals surface area (Å²) in [7, 11) is 0. The van der Waals surface area contributed by atoms with Gasteiger partial charge in [-0.2, -0.15) is 11.8 Å². The number of thioether (sulfide) groups is 1. The summed E-state index contributed by atoms with van der Waals surface area (Å²) in [6, 6.07) is 15.8. The minimum Gasteiger partial charge on any atom is -0.336 e. The van der Waals surface area contributed by atoms with Crippen LogP contribution >= 0.6 is 24.2 Å². The fourth-order valence-corrected chi connectivity index (χ4v) is 4.43. The Hall–Kier alpha value is -1.71. The lowest BCUT2D eigenvalue weighted by atomic mass is 10.0. The molecule has 2 aromatic carbocycles. The molecule has 0 spiro atoms. The SMILES string of the molecule is CCSC(Cn1ccnc1)c1ccc2c(c1)Cc1ccccc1-2.Cl. The van der Waals surface area contributed by atoms with Crippen LogP contribution in [0.15, 0.2) is 61.2 Å². The first-order valence-electron chi connectivity index (χ1n) is 8.13. The summed E-state index contributed by atoms with van der Waals surface area (Å²) in [5.41, 5.74) is 7.16. The van der Waals surface area contributed by atoms with Crippen molar-refractivity contribution in [2.45, 2.75) is 25.1 Å². The highest BCUT2D eigenvalue weighted by molar-refractivity contribution is 7.99. The van der Waals surface area contributed by atoms with E-state index < -0.39 is 0 Å². The summed E-state index contributed by atoms with van der Waals surface area (Å²) in [4.78, 5) is 4.17. The molecule has 1 aliphatic rings. The van der Waals surface area contributed by atoms with Crippen LogP contribution < -0.4 is 0 Å². The fraction of sp³-hybridized carbons (Fsp3) is 0.250. The Morgan fingerprint density at radius 2 is 1.96 bits per heavy atom. The zero-order valence-corrected chi connectivity index (χ0v) is 15.3. The molecule has 0 saturated carbocycles. The maximum atomic E-state index is 4.17. The van der Waals surface area contributed by atoms with E-state index in [0.29, 0.717) is 5.25 Å². The number of hydrogen-bond acceptors (Lipinski definition) is 2. The van der Waals surface area contributed by atoms with Crippen molar-refractivity contribution in [3.05, 3.63) is 77.9 Å². The molecule has 0 N–H and O–H groups in total. The molecule has 3 aromatic rings. The van der Waals surface area contributed by atoms with Gasteiger partial charge in [-0.05, 0) is 40.0 Å². The van der Waals surface area contributed by atoms with Crippen LogP contribution in [0.2, 0.25) is 0 Å². The second kappa shape index (κ2) is 7.45. The Morgan fingerprint density at radius 1 is 1.12 bits per heavy atom. The highest BCUT2D eigenvalue weighted by Gasteiger charge is 2.20. The second-order valence-electron chi connectivity index (χ2n) is 5.95. The van der Waals surface area contributed by atoms with Gasteiger partial charge in [0.2, 0.25) is 0 Å². The zero-order chi connectivity index (χ0) is 15.6. The summed E-state index contributed by atoms with van der Waals surface area (Å²) in [5, 5.41) is 0.475. The van der Waals surface area contributed by atoms with Gasteiger partial charge in [-0.15, -0.1) is 12.4 Å². The predicted octanol–water partition coefficient (Wildman–Crippen LogP) is 5.37. The Bertz CT molecular complexity index is 814. The molecule has 0 bridgehead atoms. The number of imidazole rings is 1. The number of nitrogens with zero attached hydrogens (tertiary/aromatic N) is 2. The van der Waals surface area contributed by atoms with Gasteiger partial charge in [0.25, 0.3) is 0 Å². The molecule has 1 atom stereocenters. The van der Waals surface area contributed by atoms with Crippen LogP contribution in [-0.4, -0.2) is 15.3 Å². The molecule has 1 aliphatic carbocycles. The number of hydrogen-bond donors (Lipinski definition) is 0. The van der Waals surface area contributed by atoms with E-state index in [2.05, 4.69) is 58.9 Å². The quantitative estimate of drug-likeness (QED) is 0.478. The monoisotopic (exact) mass is 356 g/mol. The number of benzene rings is 2. The molecular formula is C20H21ClN2S. The van der Waals surface area contributed by atoms with E-state index in [0.717, 1.165) is 18.7 Å². The predicted molar refractivity (Wildman–Crippen MR) is 105 cm³/mol. The van der Waals surface area contributed by atoms with Crippen LogP contribution in [-0.2, 0) is 13.0 Å². The first-order chi connectivity index (χ1) is 11.3. The third kappa shape index (κ3) is 3.24. The van der Waals surface area contributed by atoms with Gasteiger partial charge in [0.1, 0.15) is 0 Å². The van der Waals surface area contributed by atoms with Crippen LogP contribution in [0.5, 0.6) is 0 Å². The van der Waals surface area contributed by atoms with Gasteiger partial charge in [-0.25, -0.2) is 4.98 Å². The zero-order valence-electron chi connectivity index (χ0n) is 13.7. The molecule has 1 heterocycles. The van der Waals surface area contributed by atoms with Gasteiger partial charge in [0.15, 0.2) is 0 Å². The third-order valence-corrected chi connectivity index (χ3v) is 5.65. The van der Waals surface area contributed by atoms with E-state index in [4.69, 9.17) is 0 Å². The van der Waals surface area contributed by atoms with Crippen molar-refractivity contribution in [2.24, 2.45) is 0 Å². The Morgan fingerprint density at radius 3 is 2.75 bits per heavy atom. The summed E-state index contributed by atoms with van der Waals surface area (Å²) in [6.45, 7) is 3.21. The largest absolute Gasteiger partial charge is 0.336 e. The molecule has 0 radical (unpaired) electrons. The van der Waals surface area contributed by atoms with Crippen LogP contribution in [0.3, 0.4) is 0 Å². The van der Waals surface area contributed by atoms with Crippen molar-refractivity contribution in [1.29, 1.82) is 0 Å². The number of aromatic nitrogens is 2. The van der Waals surface area contributed by atoms with Gasteiger partial charge in [0.05, 0.1) is 6.33 Å². The molecule has 0 aliphatic heterocycles. The van der Waals surface area contributed by atoms with E-state index >= 15 is 0 Å². The maximum absolute atomic E-state index is 4.17. The Kier molecular flexibility index (Phi) is 5.32. The lowest BCUT2D eigenvalue weighted by Gasteiger charge is -2.18. The van der Waals surface area contributed by atoms with Crippen molar-refractivity contribution < 1.29 is 0 Å². The van der Waals surface area contributed by atoms with Crippen LogP contribution in [0.1, 0.15) is 28.9 Å². The molecule has 4 heteroatoms. The van der Waals surface area contributed by atoms with Gasteiger partial charge < -0.3 is 4.57 Å². The van der Waals surface area contributed by atoms with Gasteiger partial charge >= 0.3 is 0 Å². The van der Waals surface area contributed by atoms with Crippen molar-refractivity contribution in [1.82, 2.24) is 9.55 Å². The third-order valence-electron chi connectivity index (χ3n) is 4.49. The Labute approximate surface area is 153 Å². The van der Waals surface area contributed by atoms with E-state index in [1.807, 2.05) is 30.5 Å².